The number of Topliss-reactive ketones (excluding diaryl/α,β-unsaturated/α-hetero) is 1. The second-order valence-corrected chi connectivity index (χ2v) is 3.65. The molecule has 1 aromatic rings. The molecule has 1 heterocycles. The Hall–Kier alpha value is -1.78. The molecule has 0 spiro atoms. The van der Waals surface area contributed by atoms with Gasteiger partial charge in [0.25, 0.3) is 0 Å². The van der Waals surface area contributed by atoms with E-state index in [-0.39, 0.29) is 17.9 Å². The molecule has 1 aromatic carbocycles. The van der Waals surface area contributed by atoms with E-state index < -0.39 is 24.0 Å². The van der Waals surface area contributed by atoms with Crippen LogP contribution in [0.25, 0.3) is 0 Å². The Labute approximate surface area is 95.7 Å². The van der Waals surface area contributed by atoms with Gasteiger partial charge in [-0.05, 0) is 0 Å². The van der Waals surface area contributed by atoms with Crippen molar-refractivity contribution < 1.29 is 22.7 Å². The first-order valence-electron chi connectivity index (χ1n) is 4.99. The highest BCUT2D eigenvalue weighted by Crippen LogP contribution is 2.36. The van der Waals surface area contributed by atoms with E-state index in [0.717, 1.165) is 0 Å². The molecule has 0 saturated carbocycles. The number of carbonyl (C=O) groups excluding carboxylic acids is 1. The van der Waals surface area contributed by atoms with Crippen LogP contribution < -0.4 is 0 Å². The van der Waals surface area contributed by atoms with Crippen LogP contribution in [0, 0.1) is 0 Å². The lowest BCUT2D eigenvalue weighted by atomic mass is 10.0. The molecule has 2 nitrogen and oxygen atoms in total. The lowest BCUT2D eigenvalue weighted by molar-refractivity contribution is -0.0941. The fraction of sp³-hybridized carbons (Fsp3) is 0.250. The smallest absolute Gasteiger partial charge is 0.416 e. The Morgan fingerprint density at radius 2 is 1.82 bits per heavy atom. The van der Waals surface area contributed by atoms with Gasteiger partial charge in [0.1, 0.15) is 12.4 Å². The molecule has 0 N–H and O–H groups in total. The zero-order chi connectivity index (χ0) is 12.5. The van der Waals surface area contributed by atoms with E-state index in [1.165, 1.54) is 12.1 Å². The number of ether oxygens (including phenoxy) is 1. The molecule has 0 unspecified atom stereocenters. The average molecular weight is 242 g/mol. The number of hydrogen-bond acceptors (Lipinski definition) is 2. The third-order valence-corrected chi connectivity index (χ3v) is 2.40. The Bertz CT molecular complexity index is 454. The average Bonchev–Trinajstić information content (AvgIpc) is 3.09. The molecule has 0 bridgehead atoms. The number of benzene rings is 1. The number of hydrogen-bond donors (Lipinski definition) is 0. The molecule has 2 rings (SSSR count). The summed E-state index contributed by atoms with van der Waals surface area (Å²) in [6, 6.07) is 7.91. The fourth-order valence-corrected chi connectivity index (χ4v) is 1.45. The normalized spacial score (nSPS) is 17.4. The highest BCUT2D eigenvalue weighted by atomic mass is 19.4. The van der Waals surface area contributed by atoms with E-state index in [2.05, 4.69) is 4.74 Å². The van der Waals surface area contributed by atoms with Gasteiger partial charge in [0.05, 0.1) is 5.57 Å². The van der Waals surface area contributed by atoms with E-state index in [1.807, 2.05) is 0 Å². The number of ketones is 1. The van der Waals surface area contributed by atoms with Gasteiger partial charge in [-0.15, -0.1) is 0 Å². The number of allylic oxidation sites excluding steroid dienone is 1. The zero-order valence-corrected chi connectivity index (χ0v) is 8.75. The zero-order valence-electron chi connectivity index (χ0n) is 8.75. The summed E-state index contributed by atoms with van der Waals surface area (Å²) in [7, 11) is 0. The summed E-state index contributed by atoms with van der Waals surface area (Å²) in [5, 5.41) is 0. The van der Waals surface area contributed by atoms with Crippen molar-refractivity contribution in [1.29, 1.82) is 0 Å². The summed E-state index contributed by atoms with van der Waals surface area (Å²) < 4.78 is 42.3. The Morgan fingerprint density at radius 1 is 1.24 bits per heavy atom. The summed E-state index contributed by atoms with van der Waals surface area (Å²) in [5.74, 6) is -0.678. The van der Waals surface area contributed by atoms with Crippen LogP contribution in [0.3, 0.4) is 0 Å². The van der Waals surface area contributed by atoms with Crippen molar-refractivity contribution in [3.63, 3.8) is 0 Å². The van der Waals surface area contributed by atoms with E-state index in [1.54, 1.807) is 18.2 Å². The van der Waals surface area contributed by atoms with Crippen LogP contribution >= 0.6 is 0 Å². The maximum absolute atomic E-state index is 12.6. The molecule has 0 radical (unpaired) electrons. The fourth-order valence-electron chi connectivity index (χ4n) is 1.45. The summed E-state index contributed by atoms with van der Waals surface area (Å²) >= 11 is 0. The molecule has 0 amide bonds. The summed E-state index contributed by atoms with van der Waals surface area (Å²) in [5.41, 5.74) is -0.596. The summed E-state index contributed by atoms with van der Waals surface area (Å²) in [6.45, 7) is -0.0308. The third-order valence-electron chi connectivity index (χ3n) is 2.40. The Kier molecular flexibility index (Phi) is 2.92. The number of epoxide rings is 1. The monoisotopic (exact) mass is 242 g/mol. The minimum atomic E-state index is -4.50. The lowest BCUT2D eigenvalue weighted by Gasteiger charge is -2.09. The number of rotatable bonds is 3. The van der Waals surface area contributed by atoms with Crippen molar-refractivity contribution in [2.24, 2.45) is 0 Å². The highest BCUT2D eigenvalue weighted by Gasteiger charge is 2.41. The molecule has 1 aliphatic rings. The van der Waals surface area contributed by atoms with Crippen molar-refractivity contribution in [3.05, 3.63) is 47.2 Å². The predicted octanol–water partition coefficient (Wildman–Crippen LogP) is 3.11. The van der Waals surface area contributed by atoms with Gasteiger partial charge in [-0.25, -0.2) is 0 Å². The van der Waals surface area contributed by atoms with Gasteiger partial charge in [-0.3, -0.25) is 4.79 Å². The van der Waals surface area contributed by atoms with Gasteiger partial charge < -0.3 is 4.74 Å². The van der Waals surface area contributed by atoms with Gasteiger partial charge in [0.15, 0.2) is 5.78 Å². The van der Waals surface area contributed by atoms with Crippen molar-refractivity contribution in [1.82, 2.24) is 0 Å². The standard InChI is InChI=1S/C12H9F3O2/c13-12(14,15)9(11-7-17-11)6-10(16)8-4-2-1-3-5-8/h1-5H,6-7H2. The molecule has 17 heavy (non-hydrogen) atoms. The van der Waals surface area contributed by atoms with Gasteiger partial charge in [-0.2, -0.15) is 13.2 Å². The molecule has 90 valence electrons. The Morgan fingerprint density at radius 3 is 2.29 bits per heavy atom. The lowest BCUT2D eigenvalue weighted by Crippen LogP contribution is -2.16. The van der Waals surface area contributed by atoms with Crippen molar-refractivity contribution >= 4 is 5.78 Å². The van der Waals surface area contributed by atoms with E-state index in [0.29, 0.717) is 0 Å². The maximum Gasteiger partial charge on any atom is 0.416 e. The SMILES string of the molecule is O=C(CC(=C1CO1)C(F)(F)F)c1ccccc1. The van der Waals surface area contributed by atoms with Crippen molar-refractivity contribution in [2.75, 3.05) is 6.61 Å². The van der Waals surface area contributed by atoms with Crippen LogP contribution in [0.5, 0.6) is 0 Å². The molecule has 1 aliphatic heterocycles. The molecular formula is C12H9F3O2. The van der Waals surface area contributed by atoms with Gasteiger partial charge in [0.2, 0.25) is 0 Å². The van der Waals surface area contributed by atoms with E-state index in [9.17, 15) is 18.0 Å². The summed E-state index contributed by atoms with van der Waals surface area (Å²) in [6.07, 6.45) is -5.17. The minimum Gasteiger partial charge on any atom is -0.486 e. The molecular weight excluding hydrogens is 233 g/mol. The predicted molar refractivity (Wildman–Crippen MR) is 54.4 cm³/mol. The quantitative estimate of drug-likeness (QED) is 0.602. The molecule has 5 heteroatoms. The van der Waals surface area contributed by atoms with Crippen molar-refractivity contribution in [2.45, 2.75) is 12.6 Å². The Balaban J connectivity index is 2.16. The largest absolute Gasteiger partial charge is 0.486 e. The molecule has 1 saturated heterocycles. The molecule has 0 aliphatic carbocycles. The second-order valence-electron chi connectivity index (χ2n) is 3.65. The molecule has 0 atom stereocenters. The van der Waals surface area contributed by atoms with Gasteiger partial charge >= 0.3 is 6.18 Å². The summed E-state index contributed by atoms with van der Waals surface area (Å²) in [4.78, 5) is 11.6. The molecule has 0 aromatic heterocycles. The van der Waals surface area contributed by atoms with E-state index >= 15 is 0 Å². The van der Waals surface area contributed by atoms with Crippen LogP contribution in [0.1, 0.15) is 16.8 Å². The van der Waals surface area contributed by atoms with Crippen LogP contribution in [-0.4, -0.2) is 18.6 Å². The van der Waals surface area contributed by atoms with Gasteiger partial charge in [0, 0.05) is 12.0 Å². The van der Waals surface area contributed by atoms with Crippen LogP contribution in [0.2, 0.25) is 0 Å². The number of alkyl halides is 3. The highest BCUT2D eigenvalue weighted by molar-refractivity contribution is 5.97. The maximum atomic E-state index is 12.6. The topological polar surface area (TPSA) is 29.6 Å². The second kappa shape index (κ2) is 4.24. The van der Waals surface area contributed by atoms with Crippen LogP contribution in [0.15, 0.2) is 41.7 Å². The third kappa shape index (κ3) is 2.87. The van der Waals surface area contributed by atoms with E-state index in [4.69, 9.17) is 0 Å². The number of carbonyl (C=O) groups is 1. The van der Waals surface area contributed by atoms with Crippen molar-refractivity contribution in [3.8, 4) is 0 Å². The van der Waals surface area contributed by atoms with Crippen LogP contribution in [-0.2, 0) is 4.74 Å². The first-order chi connectivity index (χ1) is 7.98. The van der Waals surface area contributed by atoms with Crippen LogP contribution in [0.4, 0.5) is 13.2 Å². The minimum absolute atomic E-state index is 0.0308. The molecule has 1 fully saturated rings. The first kappa shape index (κ1) is 11.7. The van der Waals surface area contributed by atoms with Gasteiger partial charge in [-0.1, -0.05) is 30.3 Å². The first-order valence-corrected chi connectivity index (χ1v) is 4.99. The number of halogens is 3.